The van der Waals surface area contributed by atoms with E-state index >= 15 is 0 Å². The van der Waals surface area contributed by atoms with Crippen molar-refractivity contribution in [2.24, 2.45) is 52.3 Å². The lowest BCUT2D eigenvalue weighted by atomic mass is 9.77. The van der Waals surface area contributed by atoms with Crippen molar-refractivity contribution in [3.63, 3.8) is 0 Å². The monoisotopic (exact) mass is 1920 g/mol. The van der Waals surface area contributed by atoms with E-state index in [1.807, 2.05) is 13.8 Å². The van der Waals surface area contributed by atoms with Crippen molar-refractivity contribution in [1.29, 1.82) is 0 Å². The smallest absolute Gasteiger partial charge is 0.381 e. The molecule has 744 valence electrons. The summed E-state index contributed by atoms with van der Waals surface area (Å²) in [4.78, 5) is 0. The van der Waals surface area contributed by atoms with Gasteiger partial charge in [0.25, 0.3) is 29.2 Å². The molecule has 0 amide bonds. The molecule has 6 rings (SSSR count). The summed E-state index contributed by atoms with van der Waals surface area (Å²) in [5, 5.41) is 80.6. The number of alkyl halides is 40. The summed E-state index contributed by atoms with van der Waals surface area (Å²) in [6.45, 7) is 17.5. The van der Waals surface area contributed by atoms with E-state index in [-0.39, 0.29) is 82.8 Å². The van der Waals surface area contributed by atoms with E-state index in [1.54, 1.807) is 48.5 Å². The normalized spacial score (nSPS) is 32.6. The zero-order chi connectivity index (χ0) is 100. The summed E-state index contributed by atoms with van der Waals surface area (Å²) in [5.41, 5.74) is -13.6. The fourth-order valence-corrected chi connectivity index (χ4v) is 11.1. The minimum Gasteiger partial charge on any atom is -0.381 e. The van der Waals surface area contributed by atoms with Gasteiger partial charge in [0.15, 0.2) is 16.8 Å². The van der Waals surface area contributed by atoms with Crippen molar-refractivity contribution in [1.82, 2.24) is 0 Å². The zero-order valence-corrected chi connectivity index (χ0v) is 68.4. The molecular weight excluding hydrogens is 1820 g/mol. The Morgan fingerprint density at radius 2 is 0.715 bits per heavy atom. The third-order valence-electron chi connectivity index (χ3n) is 20.2. The van der Waals surface area contributed by atoms with Gasteiger partial charge < -0.3 is 74.4 Å². The molecule has 0 aromatic heterocycles. The topological polar surface area (TPSA) is 237 Å². The molecule has 6 aliphatic rings. The minimum atomic E-state index is -5.90. The van der Waals surface area contributed by atoms with Gasteiger partial charge in [-0.25, -0.2) is 17.6 Å². The molecule has 0 bridgehead atoms. The number of ether oxygens (including phenoxy) is 6. The Morgan fingerprint density at radius 3 is 1.00 bits per heavy atom. The molecule has 0 aromatic carbocycles. The fourth-order valence-electron chi connectivity index (χ4n) is 11.1. The second kappa shape index (κ2) is 40.4. The van der Waals surface area contributed by atoms with E-state index in [9.17, 15) is 181 Å². The van der Waals surface area contributed by atoms with E-state index < -0.39 is 216 Å². The van der Waals surface area contributed by atoms with E-state index in [2.05, 4.69) is 28.4 Å². The van der Waals surface area contributed by atoms with Gasteiger partial charge in [0, 0.05) is 25.2 Å². The van der Waals surface area contributed by atoms with Gasteiger partial charge in [-0.15, -0.1) is 0 Å². The summed E-state index contributed by atoms with van der Waals surface area (Å²) in [7, 11) is 0. The zero-order valence-electron chi connectivity index (χ0n) is 68.4. The molecule has 6 heterocycles. The Kier molecular flexibility index (Phi) is 40.6. The first-order valence-electron chi connectivity index (χ1n) is 36.1. The Labute approximate surface area is 678 Å². The van der Waals surface area contributed by atoms with Crippen LogP contribution in [0.5, 0.6) is 0 Å². The molecule has 0 spiro atoms. The van der Waals surface area contributed by atoms with Crippen LogP contribution in [-0.2, 0) is 28.4 Å². The van der Waals surface area contributed by atoms with Gasteiger partial charge >= 0.3 is 96.9 Å². The van der Waals surface area contributed by atoms with Crippen molar-refractivity contribution >= 4 is 0 Å². The average Bonchev–Trinajstić information content (AvgIpc) is 0.710. The number of hydrogen-bond donors (Lipinski definition) is 9. The number of halogens is 40. The maximum atomic E-state index is 13.5. The highest BCUT2D eigenvalue weighted by Gasteiger charge is 2.84. The summed E-state index contributed by atoms with van der Waals surface area (Å²) in [6.07, 6.45) is -52.7. The molecule has 55 heteroatoms. The SMILES string of the molecule is CC(C)C(C)CC(C)(O)C(F)(F)F.CC(C)CC(C)(O)C(F)(F)F.CC1(C(F)(F)F)CCOC(O)(C(F)(F)F)C1.CC1(C)CCOC(O)(C(F)(F)F)C1.CC1C(F)(F)C(C)(C)OC(O)(C(F)(F)F)C1(F)F.CC1C(F)(F)COC(O)(C(F)(F)F)C1(F)F.CC1CCOC(O)(C(F)(F)F)C1.CC1CCOC(O)(C(F)(F)F)C1(F)F.CCCC(C)(O)C(F)(F)F. The first-order chi connectivity index (χ1) is 53.1. The quantitative estimate of drug-likeness (QED) is 0.108. The molecule has 15 nitrogen and oxygen atoms in total. The second-order valence-corrected chi connectivity index (χ2v) is 33.2. The van der Waals surface area contributed by atoms with E-state index in [1.165, 1.54) is 0 Å². The van der Waals surface area contributed by atoms with Gasteiger partial charge in [-0.1, -0.05) is 96.4 Å². The second-order valence-electron chi connectivity index (χ2n) is 33.2. The van der Waals surface area contributed by atoms with Gasteiger partial charge in [-0.05, 0) is 109 Å². The van der Waals surface area contributed by atoms with Gasteiger partial charge in [-0.2, -0.15) is 158 Å². The third kappa shape index (κ3) is 30.3. The van der Waals surface area contributed by atoms with Crippen molar-refractivity contribution in [3.8, 4) is 0 Å². The molecule has 0 radical (unpaired) electrons. The molecule has 6 saturated heterocycles. The summed E-state index contributed by atoms with van der Waals surface area (Å²) in [5.74, 6) is -54.6. The Hall–Kier alpha value is -3.40. The molecule has 0 aliphatic carbocycles. The van der Waals surface area contributed by atoms with Gasteiger partial charge in [0.05, 0.1) is 43.7 Å². The molecule has 9 N–H and O–H groups in total. The molecule has 6 aliphatic heterocycles. The average molecular weight is 1920 g/mol. The highest BCUT2D eigenvalue weighted by molar-refractivity contribution is 5.10. The highest BCUT2D eigenvalue weighted by atomic mass is 19.5. The van der Waals surface area contributed by atoms with E-state index in [0.29, 0.717) is 40.0 Å². The van der Waals surface area contributed by atoms with Crippen LogP contribution in [0.3, 0.4) is 0 Å². The Morgan fingerprint density at radius 1 is 0.374 bits per heavy atom. The standard InChI is InChI=1S/C9H11F7O2.C9H17F3O.C8H10F6O2.C8H13F3O2.C7H7F7O2.C7H9F5O2.C7H11F3O2.C7H13F3O.C6H11F3O/c1-4-6(10,11)5(2,3)18-8(17,7(4,12)13)9(14,15)16;1-6(2)7(3)5-8(4,13)9(10,11)12;1-5(7(9,10)11)2-3-16-6(15,4-5)8(12,13)14;1-6(2)3-4-13-7(12,5-6)8(9,10)11;1-3-4(8,9)2-16-6(15,5(3,10)11)7(12,13)14;1-4-2-3-14-6(13,5(4,8)9)7(10,11)12;1-5-2-3-12-6(11,4-5)7(8,9)10;1-5(2)4-6(3,11)7(8,9)10;1-3-4-5(2,10)6(7,8)9/h4,17H,1-3H3;6-7,13H,5H2,1-4H3;15H,2-4H2,1H3;12H,3-5H2,1-2H3;3,15H,2H2,1H3;4,13H,2-3H2,1H3;5,11H,2-4H2,1H3;5,11H,4H2,1-3H3;10H,3-4H2,1-2H3. The van der Waals surface area contributed by atoms with Crippen LogP contribution in [0.4, 0.5) is 176 Å². The van der Waals surface area contributed by atoms with Crippen molar-refractivity contribution in [2.75, 3.05) is 33.0 Å². The molecule has 6 fully saturated rings. The third-order valence-corrected chi connectivity index (χ3v) is 20.2. The van der Waals surface area contributed by atoms with Crippen LogP contribution in [0.25, 0.3) is 0 Å². The first kappa shape index (κ1) is 124. The van der Waals surface area contributed by atoms with Crippen LogP contribution in [0.1, 0.15) is 195 Å². The lowest BCUT2D eigenvalue weighted by molar-refractivity contribution is -0.505. The van der Waals surface area contributed by atoms with Crippen molar-refractivity contribution in [2.45, 2.75) is 344 Å². The maximum Gasteiger partial charge on any atom is 0.449 e. The van der Waals surface area contributed by atoms with Crippen LogP contribution >= 0.6 is 0 Å². The molecular formula is C68H102F40O15. The first-order valence-corrected chi connectivity index (χ1v) is 36.1. The molecule has 15 atom stereocenters. The molecule has 0 saturated carbocycles. The van der Waals surface area contributed by atoms with Crippen molar-refractivity contribution < 1.29 is 250 Å². The van der Waals surface area contributed by atoms with Gasteiger partial charge in [-0.3, -0.25) is 0 Å². The van der Waals surface area contributed by atoms with Crippen LogP contribution in [0.15, 0.2) is 0 Å². The van der Waals surface area contributed by atoms with Crippen LogP contribution in [-0.4, -0.2) is 227 Å². The number of hydrogen-bond acceptors (Lipinski definition) is 15. The molecule has 15 unspecified atom stereocenters. The van der Waals surface area contributed by atoms with Gasteiger partial charge in [0.2, 0.25) is 0 Å². The lowest BCUT2D eigenvalue weighted by Crippen LogP contribution is -2.75. The summed E-state index contributed by atoms with van der Waals surface area (Å²) < 4.78 is 521. The van der Waals surface area contributed by atoms with E-state index in [4.69, 9.17) is 40.9 Å². The molecule has 123 heavy (non-hydrogen) atoms. The van der Waals surface area contributed by atoms with Crippen LogP contribution in [0, 0.1) is 52.3 Å². The summed E-state index contributed by atoms with van der Waals surface area (Å²) >= 11 is 0. The van der Waals surface area contributed by atoms with Crippen LogP contribution < -0.4 is 0 Å². The Bertz CT molecular complexity index is 3150. The fraction of sp³-hybridized carbons (Fsp3) is 1.00. The lowest BCUT2D eigenvalue weighted by Gasteiger charge is -2.53. The Balaban J connectivity index is -0.00000132. The predicted octanol–water partition coefficient (Wildman–Crippen LogP) is 20.9. The predicted molar refractivity (Wildman–Crippen MR) is 346 cm³/mol. The number of rotatable bonds is 7. The minimum absolute atomic E-state index is 0.0306. The summed E-state index contributed by atoms with van der Waals surface area (Å²) in [6, 6.07) is 0. The number of aliphatic hydroxyl groups is 9. The molecule has 0 aromatic rings. The maximum absolute atomic E-state index is 13.5. The van der Waals surface area contributed by atoms with Crippen LogP contribution in [0.2, 0.25) is 0 Å². The van der Waals surface area contributed by atoms with Gasteiger partial charge in [0.1, 0.15) is 12.2 Å². The highest BCUT2D eigenvalue weighted by Crippen LogP contribution is 2.61. The van der Waals surface area contributed by atoms with E-state index in [0.717, 1.165) is 27.7 Å². The van der Waals surface area contributed by atoms with Crippen molar-refractivity contribution in [3.05, 3.63) is 0 Å². The largest absolute Gasteiger partial charge is 0.449 e.